The number of amides is 1. The highest BCUT2D eigenvalue weighted by molar-refractivity contribution is 5.78. The molecule has 0 spiro atoms. The van der Waals surface area contributed by atoms with Crippen LogP contribution in [0, 0.1) is 35.5 Å². The first-order chi connectivity index (χ1) is 29.7. The Morgan fingerprint density at radius 2 is 1.48 bits per heavy atom. The van der Waals surface area contributed by atoms with Crippen molar-refractivity contribution in [3.05, 3.63) is 0 Å². The second-order valence-electron chi connectivity index (χ2n) is 21.2. The van der Waals surface area contributed by atoms with Crippen LogP contribution in [-0.4, -0.2) is 175 Å². The standard InChI is InChI=1S/C48H87N3O13/c1-17-36-48(12,57)40(54)32(8)49-43(55)28(4)22-46(10,58-15)41(64-45-39(53)34(50(13)14)21-29(5)60-45)30(6)38(31(7)44(56)62-36)35-23-47(11,59-16)42(33(9)61-35)63-37(52)18-19-51-24-26(2)20-27(3)25-51/h26-36,38-42,45,53-54,57H,17-25H2,1-16H3,(H,49,55)/t26?,27?,28-,29-,30+,31-,32-,33+,34+,35?,36-,38+,39-,40-,41-,42+,45+,46-,47-,48-/m1/s1. The SMILES string of the molecule is CC[C@H]1OC(=O)[C@H](C)[C@@H](C2C[C@@](C)(OC)[C@@H](OC(=O)CCN3CC(C)CC(C)C3)[C@H](C)O2)[C@H](C)[C@@H](O[C@@H]2O[C@H](C)C[C@H](N(C)C)[C@H]2O)[C@](C)(OC)C[C@@H](C)C(=O)N[C@H](C)[C@@H](O)[C@]1(C)O. The Labute approximate surface area is 384 Å². The fraction of sp³-hybridized carbons (Fsp3) is 0.938. The van der Waals surface area contributed by atoms with Crippen molar-refractivity contribution in [1.82, 2.24) is 15.1 Å². The highest BCUT2D eigenvalue weighted by Crippen LogP contribution is 2.46. The van der Waals surface area contributed by atoms with E-state index < -0.39 is 107 Å². The van der Waals surface area contributed by atoms with Crippen molar-refractivity contribution < 1.29 is 62.9 Å². The number of ether oxygens (including phenoxy) is 7. The molecular formula is C48H87N3O13. The Morgan fingerprint density at radius 1 is 0.891 bits per heavy atom. The molecule has 0 saturated carbocycles. The van der Waals surface area contributed by atoms with Crippen molar-refractivity contribution in [1.29, 1.82) is 0 Å². The molecule has 16 heteroatoms. The van der Waals surface area contributed by atoms with Gasteiger partial charge in [0.1, 0.15) is 29.5 Å². The third kappa shape index (κ3) is 12.6. The summed E-state index contributed by atoms with van der Waals surface area (Å²) >= 11 is 0. The highest BCUT2D eigenvalue weighted by Gasteiger charge is 2.56. The number of methoxy groups -OCH3 is 2. The molecule has 4 aliphatic rings. The van der Waals surface area contributed by atoms with Gasteiger partial charge in [-0.3, -0.25) is 14.4 Å². The zero-order valence-electron chi connectivity index (χ0n) is 42.0. The molecule has 372 valence electrons. The second-order valence-corrected chi connectivity index (χ2v) is 21.2. The van der Waals surface area contributed by atoms with E-state index in [4.69, 9.17) is 33.2 Å². The van der Waals surface area contributed by atoms with Crippen LogP contribution >= 0.6 is 0 Å². The number of hydrogen-bond donors (Lipinski definition) is 4. The van der Waals surface area contributed by atoms with E-state index in [-0.39, 0.29) is 43.8 Å². The highest BCUT2D eigenvalue weighted by atomic mass is 16.7. The number of cyclic esters (lactones) is 1. The molecule has 4 rings (SSSR count). The van der Waals surface area contributed by atoms with E-state index >= 15 is 0 Å². The largest absolute Gasteiger partial charge is 0.459 e. The minimum Gasteiger partial charge on any atom is -0.459 e. The van der Waals surface area contributed by atoms with Crippen LogP contribution in [0.1, 0.15) is 122 Å². The van der Waals surface area contributed by atoms with Crippen molar-refractivity contribution in [2.45, 2.75) is 206 Å². The molecule has 20 atom stereocenters. The molecule has 16 nitrogen and oxygen atoms in total. The number of piperidine rings is 1. The molecule has 64 heavy (non-hydrogen) atoms. The lowest BCUT2D eigenvalue weighted by molar-refractivity contribution is -0.304. The molecule has 0 aromatic rings. The summed E-state index contributed by atoms with van der Waals surface area (Å²) < 4.78 is 45.4. The zero-order chi connectivity index (χ0) is 48.2. The quantitative estimate of drug-likeness (QED) is 0.218. The average Bonchev–Trinajstić information content (AvgIpc) is 3.21. The molecule has 4 N–H and O–H groups in total. The minimum atomic E-state index is -1.95. The maximum atomic E-state index is 14.7. The predicted molar refractivity (Wildman–Crippen MR) is 241 cm³/mol. The van der Waals surface area contributed by atoms with Crippen molar-refractivity contribution in [3.8, 4) is 0 Å². The molecule has 4 aliphatic heterocycles. The summed E-state index contributed by atoms with van der Waals surface area (Å²) in [6, 6.07) is -1.22. The van der Waals surface area contributed by atoms with Gasteiger partial charge in [0.15, 0.2) is 12.4 Å². The summed E-state index contributed by atoms with van der Waals surface area (Å²) in [7, 11) is 6.91. The second kappa shape index (κ2) is 22.4. The number of carbonyl (C=O) groups excluding carboxylic acids is 3. The van der Waals surface area contributed by atoms with Gasteiger partial charge in [0.2, 0.25) is 5.91 Å². The van der Waals surface area contributed by atoms with E-state index in [1.165, 1.54) is 13.3 Å². The van der Waals surface area contributed by atoms with Crippen LogP contribution in [-0.2, 0) is 47.5 Å². The topological polar surface area (TPSA) is 195 Å². The third-order valence-corrected chi connectivity index (χ3v) is 15.3. The molecule has 0 aromatic heterocycles. The number of aliphatic hydroxyl groups is 3. The number of esters is 2. The lowest BCUT2D eigenvalue weighted by atomic mass is 9.68. The van der Waals surface area contributed by atoms with Gasteiger partial charge in [-0.1, -0.05) is 41.5 Å². The first-order valence-electron chi connectivity index (χ1n) is 24.0. The molecule has 4 fully saturated rings. The Kier molecular flexibility index (Phi) is 19.1. The molecule has 3 unspecified atom stereocenters. The fourth-order valence-electron chi connectivity index (χ4n) is 11.6. The monoisotopic (exact) mass is 914 g/mol. The van der Waals surface area contributed by atoms with Crippen LogP contribution in [0.15, 0.2) is 0 Å². The van der Waals surface area contributed by atoms with E-state index in [0.717, 1.165) is 13.1 Å². The van der Waals surface area contributed by atoms with Gasteiger partial charge in [-0.15, -0.1) is 0 Å². The number of rotatable bonds is 11. The number of likely N-dealkylation sites (tertiary alicyclic amines) is 1. The molecular weight excluding hydrogens is 827 g/mol. The van der Waals surface area contributed by atoms with E-state index in [1.54, 1.807) is 41.9 Å². The van der Waals surface area contributed by atoms with Gasteiger partial charge in [-0.25, -0.2) is 0 Å². The smallest absolute Gasteiger partial charge is 0.309 e. The Balaban J connectivity index is 1.81. The third-order valence-electron chi connectivity index (χ3n) is 15.3. The number of nitrogens with zero attached hydrogens (tertiary/aromatic N) is 2. The van der Waals surface area contributed by atoms with Gasteiger partial charge in [-0.2, -0.15) is 0 Å². The van der Waals surface area contributed by atoms with Crippen molar-refractivity contribution in [3.63, 3.8) is 0 Å². The number of aliphatic hydroxyl groups excluding tert-OH is 2. The number of hydrogen-bond acceptors (Lipinski definition) is 15. The summed E-state index contributed by atoms with van der Waals surface area (Å²) in [6.07, 6.45) is -5.81. The Bertz CT molecular complexity index is 1530. The zero-order valence-corrected chi connectivity index (χ0v) is 42.0. The molecule has 0 bridgehead atoms. The van der Waals surface area contributed by atoms with Crippen molar-refractivity contribution in [2.24, 2.45) is 35.5 Å². The van der Waals surface area contributed by atoms with Gasteiger partial charge < -0.3 is 63.6 Å². The summed E-state index contributed by atoms with van der Waals surface area (Å²) in [5, 5.41) is 38.0. The minimum absolute atomic E-state index is 0.118. The van der Waals surface area contributed by atoms with E-state index in [2.05, 4.69) is 24.1 Å². The maximum Gasteiger partial charge on any atom is 0.309 e. The first-order valence-corrected chi connectivity index (χ1v) is 24.0. The van der Waals surface area contributed by atoms with Crippen LogP contribution in [0.4, 0.5) is 0 Å². The number of nitrogens with one attached hydrogen (secondary N) is 1. The van der Waals surface area contributed by atoms with Gasteiger partial charge in [0, 0.05) is 58.2 Å². The van der Waals surface area contributed by atoms with E-state index in [9.17, 15) is 29.7 Å². The van der Waals surface area contributed by atoms with Crippen LogP contribution in [0.3, 0.4) is 0 Å². The van der Waals surface area contributed by atoms with Crippen LogP contribution in [0.5, 0.6) is 0 Å². The first kappa shape index (κ1) is 54.6. The normalized spacial score (nSPS) is 46.1. The Hall–Kier alpha value is -1.99. The van der Waals surface area contributed by atoms with Crippen molar-refractivity contribution >= 4 is 17.8 Å². The summed E-state index contributed by atoms with van der Waals surface area (Å²) in [5.74, 6) is -3.27. The van der Waals surface area contributed by atoms with Crippen molar-refractivity contribution in [2.75, 3.05) is 47.9 Å². The molecule has 0 aliphatic carbocycles. The lowest BCUT2D eigenvalue weighted by Crippen LogP contribution is -2.62. The number of carbonyl (C=O) groups is 3. The summed E-state index contributed by atoms with van der Waals surface area (Å²) in [5.41, 5.74) is -4.26. The van der Waals surface area contributed by atoms with Gasteiger partial charge in [-0.05, 0) is 99.1 Å². The molecule has 0 aromatic carbocycles. The van der Waals surface area contributed by atoms with E-state index in [0.29, 0.717) is 24.8 Å². The maximum absolute atomic E-state index is 14.7. The van der Waals surface area contributed by atoms with E-state index in [1.807, 2.05) is 53.6 Å². The fourth-order valence-corrected chi connectivity index (χ4v) is 11.6. The van der Waals surface area contributed by atoms with Crippen LogP contribution in [0.25, 0.3) is 0 Å². The predicted octanol–water partition coefficient (Wildman–Crippen LogP) is 3.93. The lowest BCUT2D eigenvalue weighted by Gasteiger charge is -2.52. The molecule has 4 heterocycles. The van der Waals surface area contributed by atoms with Gasteiger partial charge in [0.25, 0.3) is 0 Å². The average molecular weight is 914 g/mol. The molecule has 4 saturated heterocycles. The Morgan fingerprint density at radius 3 is 2.05 bits per heavy atom. The van der Waals surface area contributed by atoms with Crippen LogP contribution < -0.4 is 5.32 Å². The summed E-state index contributed by atoms with van der Waals surface area (Å²) in [6.45, 7) is 24.6. The summed E-state index contributed by atoms with van der Waals surface area (Å²) in [4.78, 5) is 46.5. The van der Waals surface area contributed by atoms with Gasteiger partial charge >= 0.3 is 11.9 Å². The molecule has 0 radical (unpaired) electrons. The van der Waals surface area contributed by atoms with Gasteiger partial charge in [0.05, 0.1) is 48.4 Å². The number of likely N-dealkylation sites (N-methyl/N-ethyl adjacent to an activating group) is 1. The van der Waals surface area contributed by atoms with Crippen LogP contribution in [0.2, 0.25) is 0 Å². The molecule has 1 amide bonds.